The number of carbonyl (C=O) groups excluding carboxylic acids is 1. The smallest absolute Gasteiger partial charge is 0.226 e. The largest absolute Gasteiger partial charge is 0.497 e. The molecule has 2 rings (SSSR count). The number of methoxy groups -OCH3 is 1. The van der Waals surface area contributed by atoms with Gasteiger partial charge in [0.25, 0.3) is 0 Å². The Balaban J connectivity index is 1.87. The molecule has 1 unspecified atom stereocenters. The molecule has 19 heavy (non-hydrogen) atoms. The second-order valence-corrected chi connectivity index (χ2v) is 5.08. The molecule has 1 aliphatic heterocycles. The molecular formula is C15H22N2O2. The van der Waals surface area contributed by atoms with Crippen molar-refractivity contribution in [2.24, 2.45) is 5.92 Å². The number of ether oxygens (including phenoxy) is 1. The second-order valence-electron chi connectivity index (χ2n) is 5.08. The highest BCUT2D eigenvalue weighted by molar-refractivity contribution is 5.79. The lowest BCUT2D eigenvalue weighted by atomic mass is 10.1. The number of rotatable bonds is 5. The number of hydrogen-bond donors (Lipinski definition) is 1. The first-order valence-corrected chi connectivity index (χ1v) is 6.78. The van der Waals surface area contributed by atoms with Gasteiger partial charge in [0.05, 0.1) is 13.5 Å². The molecule has 1 atom stereocenters. The van der Waals surface area contributed by atoms with Gasteiger partial charge in [0, 0.05) is 13.1 Å². The van der Waals surface area contributed by atoms with Crippen molar-refractivity contribution in [3.8, 4) is 5.75 Å². The summed E-state index contributed by atoms with van der Waals surface area (Å²) in [5, 5.41) is 3.18. The molecule has 1 aliphatic rings. The topological polar surface area (TPSA) is 41.6 Å². The summed E-state index contributed by atoms with van der Waals surface area (Å²) in [6, 6.07) is 7.71. The molecule has 0 saturated carbocycles. The summed E-state index contributed by atoms with van der Waals surface area (Å²) in [5.74, 6) is 1.65. The number of benzene rings is 1. The van der Waals surface area contributed by atoms with E-state index in [-0.39, 0.29) is 5.91 Å². The fourth-order valence-electron chi connectivity index (χ4n) is 2.54. The molecule has 1 aromatic carbocycles. The van der Waals surface area contributed by atoms with Gasteiger partial charge in [-0.15, -0.1) is 0 Å². The molecule has 1 fully saturated rings. The van der Waals surface area contributed by atoms with Crippen LogP contribution >= 0.6 is 0 Å². The summed E-state index contributed by atoms with van der Waals surface area (Å²) >= 11 is 0. The minimum atomic E-state index is 0.226. The molecule has 1 saturated heterocycles. The van der Waals surface area contributed by atoms with E-state index in [1.165, 1.54) is 0 Å². The molecule has 104 valence electrons. The van der Waals surface area contributed by atoms with Crippen LogP contribution in [0.3, 0.4) is 0 Å². The van der Waals surface area contributed by atoms with Crippen LogP contribution < -0.4 is 10.1 Å². The first-order chi connectivity index (χ1) is 9.22. The van der Waals surface area contributed by atoms with Gasteiger partial charge in [-0.2, -0.15) is 0 Å². The number of hydrogen-bond acceptors (Lipinski definition) is 3. The Hall–Kier alpha value is -1.55. The van der Waals surface area contributed by atoms with Crippen LogP contribution in [0.25, 0.3) is 0 Å². The molecule has 4 nitrogen and oxygen atoms in total. The van der Waals surface area contributed by atoms with Crippen molar-refractivity contribution >= 4 is 5.91 Å². The number of nitrogens with zero attached hydrogens (tertiary/aromatic N) is 1. The van der Waals surface area contributed by atoms with E-state index < -0.39 is 0 Å². The SMILES string of the molecule is CNCC1CCN(C(=O)Cc2ccc(OC)cc2)C1. The van der Waals surface area contributed by atoms with E-state index in [1.54, 1.807) is 7.11 Å². The Morgan fingerprint density at radius 1 is 1.42 bits per heavy atom. The van der Waals surface area contributed by atoms with Gasteiger partial charge in [0.1, 0.15) is 5.75 Å². The Kier molecular flexibility index (Phi) is 4.80. The fourth-order valence-corrected chi connectivity index (χ4v) is 2.54. The molecule has 4 heteroatoms. The lowest BCUT2D eigenvalue weighted by Crippen LogP contribution is -2.31. The first-order valence-electron chi connectivity index (χ1n) is 6.78. The lowest BCUT2D eigenvalue weighted by molar-refractivity contribution is -0.129. The normalized spacial score (nSPS) is 18.6. The van der Waals surface area contributed by atoms with Gasteiger partial charge in [0.15, 0.2) is 0 Å². The Labute approximate surface area is 114 Å². The van der Waals surface area contributed by atoms with Gasteiger partial charge >= 0.3 is 0 Å². The van der Waals surface area contributed by atoms with Crippen LogP contribution in [0.5, 0.6) is 5.75 Å². The number of likely N-dealkylation sites (tertiary alicyclic amines) is 1. The molecule has 0 bridgehead atoms. The quantitative estimate of drug-likeness (QED) is 0.870. The van der Waals surface area contributed by atoms with E-state index >= 15 is 0 Å². The van der Waals surface area contributed by atoms with Crippen molar-refractivity contribution in [3.05, 3.63) is 29.8 Å². The molecule has 0 radical (unpaired) electrons. The minimum Gasteiger partial charge on any atom is -0.497 e. The highest BCUT2D eigenvalue weighted by Crippen LogP contribution is 2.17. The third kappa shape index (κ3) is 3.70. The summed E-state index contributed by atoms with van der Waals surface area (Å²) in [4.78, 5) is 14.2. The van der Waals surface area contributed by atoms with E-state index in [0.29, 0.717) is 12.3 Å². The van der Waals surface area contributed by atoms with Crippen LogP contribution in [-0.2, 0) is 11.2 Å². The lowest BCUT2D eigenvalue weighted by Gasteiger charge is -2.16. The number of carbonyl (C=O) groups is 1. The van der Waals surface area contributed by atoms with Gasteiger partial charge in [-0.3, -0.25) is 4.79 Å². The predicted octanol–water partition coefficient (Wildman–Crippen LogP) is 1.31. The molecule has 0 aliphatic carbocycles. The minimum absolute atomic E-state index is 0.226. The van der Waals surface area contributed by atoms with Crippen LogP contribution in [0.1, 0.15) is 12.0 Å². The van der Waals surface area contributed by atoms with Crippen molar-refractivity contribution in [3.63, 3.8) is 0 Å². The maximum atomic E-state index is 12.2. The molecule has 0 spiro atoms. The second kappa shape index (κ2) is 6.57. The number of amides is 1. The Bertz CT molecular complexity index is 417. The van der Waals surface area contributed by atoms with Crippen LogP contribution in [-0.4, -0.2) is 44.6 Å². The van der Waals surface area contributed by atoms with Crippen LogP contribution in [0.2, 0.25) is 0 Å². The van der Waals surface area contributed by atoms with E-state index in [2.05, 4.69) is 5.32 Å². The molecular weight excluding hydrogens is 240 g/mol. The van der Waals surface area contributed by atoms with Gasteiger partial charge in [0.2, 0.25) is 5.91 Å². The van der Waals surface area contributed by atoms with Crippen molar-refractivity contribution in [2.75, 3.05) is 33.8 Å². The van der Waals surface area contributed by atoms with Crippen molar-refractivity contribution in [1.29, 1.82) is 0 Å². The van der Waals surface area contributed by atoms with E-state index in [1.807, 2.05) is 36.2 Å². The van der Waals surface area contributed by atoms with Gasteiger partial charge in [-0.1, -0.05) is 12.1 Å². The van der Waals surface area contributed by atoms with Crippen molar-refractivity contribution < 1.29 is 9.53 Å². The molecule has 1 aromatic rings. The Morgan fingerprint density at radius 3 is 2.79 bits per heavy atom. The van der Waals surface area contributed by atoms with E-state index in [0.717, 1.165) is 37.4 Å². The van der Waals surface area contributed by atoms with Crippen LogP contribution in [0.4, 0.5) is 0 Å². The average Bonchev–Trinajstić information content (AvgIpc) is 2.89. The maximum absolute atomic E-state index is 12.2. The number of nitrogens with one attached hydrogen (secondary N) is 1. The molecule has 1 amide bonds. The van der Waals surface area contributed by atoms with E-state index in [9.17, 15) is 4.79 Å². The molecule has 1 heterocycles. The van der Waals surface area contributed by atoms with Crippen LogP contribution in [0.15, 0.2) is 24.3 Å². The zero-order valence-electron chi connectivity index (χ0n) is 11.7. The van der Waals surface area contributed by atoms with Gasteiger partial charge < -0.3 is 15.0 Å². The fraction of sp³-hybridized carbons (Fsp3) is 0.533. The maximum Gasteiger partial charge on any atom is 0.226 e. The highest BCUT2D eigenvalue weighted by Gasteiger charge is 2.25. The van der Waals surface area contributed by atoms with Crippen molar-refractivity contribution in [2.45, 2.75) is 12.8 Å². The highest BCUT2D eigenvalue weighted by atomic mass is 16.5. The Morgan fingerprint density at radius 2 is 2.16 bits per heavy atom. The average molecular weight is 262 g/mol. The van der Waals surface area contributed by atoms with Crippen LogP contribution in [0, 0.1) is 5.92 Å². The van der Waals surface area contributed by atoms with Crippen molar-refractivity contribution in [1.82, 2.24) is 10.2 Å². The summed E-state index contributed by atoms with van der Waals surface area (Å²) in [6.45, 7) is 2.77. The summed E-state index contributed by atoms with van der Waals surface area (Å²) in [5.41, 5.74) is 1.04. The monoisotopic (exact) mass is 262 g/mol. The van der Waals surface area contributed by atoms with Gasteiger partial charge in [-0.05, 0) is 43.6 Å². The van der Waals surface area contributed by atoms with E-state index in [4.69, 9.17) is 4.74 Å². The predicted molar refractivity (Wildman–Crippen MR) is 75.3 cm³/mol. The zero-order chi connectivity index (χ0) is 13.7. The standard InChI is InChI=1S/C15H22N2O2/c1-16-10-13-7-8-17(11-13)15(18)9-12-3-5-14(19-2)6-4-12/h3-6,13,16H,7-11H2,1-2H3. The first kappa shape index (κ1) is 13.9. The van der Waals surface area contributed by atoms with Gasteiger partial charge in [-0.25, -0.2) is 0 Å². The molecule has 0 aromatic heterocycles. The molecule has 1 N–H and O–H groups in total. The third-order valence-corrected chi connectivity index (χ3v) is 3.65. The zero-order valence-corrected chi connectivity index (χ0v) is 11.7. The third-order valence-electron chi connectivity index (χ3n) is 3.65. The summed E-state index contributed by atoms with van der Waals surface area (Å²) in [6.07, 6.45) is 1.59. The summed E-state index contributed by atoms with van der Waals surface area (Å²) < 4.78 is 5.11. The summed E-state index contributed by atoms with van der Waals surface area (Å²) in [7, 11) is 3.61.